The molecule has 2 heterocycles. The van der Waals surface area contributed by atoms with E-state index in [0.717, 1.165) is 49.5 Å². The minimum absolute atomic E-state index is 0.0355. The van der Waals surface area contributed by atoms with Crippen molar-refractivity contribution in [1.29, 1.82) is 0 Å². The molecule has 0 aliphatic carbocycles. The third kappa shape index (κ3) is 7.28. The van der Waals surface area contributed by atoms with E-state index in [9.17, 15) is 14.4 Å². The van der Waals surface area contributed by atoms with Gasteiger partial charge in [0.2, 0.25) is 5.91 Å². The summed E-state index contributed by atoms with van der Waals surface area (Å²) in [5.41, 5.74) is 3.49. The third-order valence-corrected chi connectivity index (χ3v) is 7.86. The number of anilines is 2. The van der Waals surface area contributed by atoms with Crippen molar-refractivity contribution in [3.05, 3.63) is 89.5 Å². The maximum Gasteiger partial charge on any atom is 0.255 e. The maximum atomic E-state index is 13.4. The Kier molecular flexibility index (Phi) is 9.71. The lowest BCUT2D eigenvalue weighted by Crippen LogP contribution is -2.36. The van der Waals surface area contributed by atoms with Crippen LogP contribution in [0.25, 0.3) is 0 Å². The molecule has 0 spiro atoms. The summed E-state index contributed by atoms with van der Waals surface area (Å²) in [7, 11) is 1.63. The van der Waals surface area contributed by atoms with Gasteiger partial charge in [0.1, 0.15) is 5.75 Å². The number of rotatable bonds is 7. The van der Waals surface area contributed by atoms with E-state index in [1.54, 1.807) is 25.3 Å². The molecule has 9 nitrogen and oxygen atoms in total. The minimum atomic E-state index is -0.230. The lowest BCUT2D eigenvalue weighted by molar-refractivity contribution is -0.130. The standard InChI is InChI=1S/C33H39N5O4/c1-42-28-12-9-25(10-13-28)23-31(39)37-19-6-18-36(21-22-37)30-14-11-27(33(41)38-17-5-15-34-16-20-38)24-29(30)35-32(40)26-7-3-2-4-8-26/h2-4,7-14,24,34H,5-6,15-23H2,1H3,(H,35,40). The van der Waals surface area contributed by atoms with Crippen molar-refractivity contribution >= 4 is 29.1 Å². The predicted octanol–water partition coefficient (Wildman–Crippen LogP) is 3.66. The second-order valence-corrected chi connectivity index (χ2v) is 10.7. The Hall–Kier alpha value is -4.37. The summed E-state index contributed by atoms with van der Waals surface area (Å²) in [6.07, 6.45) is 2.04. The minimum Gasteiger partial charge on any atom is -0.497 e. The number of benzene rings is 3. The zero-order chi connectivity index (χ0) is 29.3. The lowest BCUT2D eigenvalue weighted by atomic mass is 10.1. The molecule has 42 heavy (non-hydrogen) atoms. The molecule has 2 saturated heterocycles. The lowest BCUT2D eigenvalue weighted by Gasteiger charge is -2.27. The Morgan fingerprint density at radius 2 is 1.57 bits per heavy atom. The van der Waals surface area contributed by atoms with Gasteiger partial charge in [-0.1, -0.05) is 30.3 Å². The van der Waals surface area contributed by atoms with Crippen molar-refractivity contribution in [2.24, 2.45) is 0 Å². The number of hydrogen-bond acceptors (Lipinski definition) is 6. The zero-order valence-corrected chi connectivity index (χ0v) is 24.2. The second-order valence-electron chi connectivity index (χ2n) is 10.7. The molecule has 3 aromatic carbocycles. The van der Waals surface area contributed by atoms with Gasteiger partial charge in [0, 0.05) is 56.9 Å². The molecule has 5 rings (SSSR count). The van der Waals surface area contributed by atoms with Crippen LogP contribution in [0.1, 0.15) is 39.1 Å². The summed E-state index contributed by atoms with van der Waals surface area (Å²) in [4.78, 5) is 45.8. The molecule has 0 atom stereocenters. The Morgan fingerprint density at radius 3 is 2.36 bits per heavy atom. The van der Waals surface area contributed by atoms with Crippen LogP contribution in [0.5, 0.6) is 5.75 Å². The number of hydrogen-bond donors (Lipinski definition) is 2. The smallest absolute Gasteiger partial charge is 0.255 e. The number of ether oxygens (including phenoxy) is 1. The Morgan fingerprint density at radius 1 is 0.786 bits per heavy atom. The normalized spacial score (nSPS) is 15.9. The average molecular weight is 570 g/mol. The summed E-state index contributed by atoms with van der Waals surface area (Å²) in [6, 6.07) is 22.2. The number of methoxy groups -OCH3 is 1. The molecular formula is C33H39N5O4. The van der Waals surface area contributed by atoms with Crippen LogP contribution in [0.2, 0.25) is 0 Å². The number of nitrogens with one attached hydrogen (secondary N) is 2. The topological polar surface area (TPSA) is 94.2 Å². The van der Waals surface area contributed by atoms with Crippen molar-refractivity contribution in [3.63, 3.8) is 0 Å². The molecule has 2 aliphatic heterocycles. The van der Waals surface area contributed by atoms with Gasteiger partial charge in [-0.2, -0.15) is 0 Å². The van der Waals surface area contributed by atoms with Crippen LogP contribution < -0.4 is 20.3 Å². The quantitative estimate of drug-likeness (QED) is 0.451. The van der Waals surface area contributed by atoms with Crippen LogP contribution in [0.3, 0.4) is 0 Å². The van der Waals surface area contributed by atoms with E-state index in [2.05, 4.69) is 15.5 Å². The maximum absolute atomic E-state index is 13.4. The Bertz CT molecular complexity index is 1370. The van der Waals surface area contributed by atoms with Crippen molar-refractivity contribution in [3.8, 4) is 5.75 Å². The van der Waals surface area contributed by atoms with Crippen LogP contribution in [0, 0.1) is 0 Å². The highest BCUT2D eigenvalue weighted by molar-refractivity contribution is 6.07. The van der Waals surface area contributed by atoms with Crippen LogP contribution in [-0.2, 0) is 11.2 Å². The number of carbonyl (C=O) groups excluding carboxylic acids is 3. The summed E-state index contributed by atoms with van der Waals surface area (Å²) >= 11 is 0. The van der Waals surface area contributed by atoms with Gasteiger partial charge in [-0.3, -0.25) is 14.4 Å². The summed E-state index contributed by atoms with van der Waals surface area (Å²) in [6.45, 7) is 5.60. The molecule has 0 bridgehead atoms. The summed E-state index contributed by atoms with van der Waals surface area (Å²) < 4.78 is 5.23. The average Bonchev–Trinajstić information content (AvgIpc) is 3.45. The number of carbonyl (C=O) groups is 3. The van der Waals surface area contributed by atoms with Crippen molar-refractivity contribution in [2.45, 2.75) is 19.3 Å². The fraction of sp³-hybridized carbons (Fsp3) is 0.364. The van der Waals surface area contributed by atoms with Crippen molar-refractivity contribution < 1.29 is 19.1 Å². The highest BCUT2D eigenvalue weighted by Crippen LogP contribution is 2.30. The molecule has 220 valence electrons. The highest BCUT2D eigenvalue weighted by Gasteiger charge is 2.24. The van der Waals surface area contributed by atoms with Gasteiger partial charge in [0.25, 0.3) is 11.8 Å². The van der Waals surface area contributed by atoms with Crippen LogP contribution in [0.4, 0.5) is 11.4 Å². The molecule has 0 saturated carbocycles. The third-order valence-electron chi connectivity index (χ3n) is 7.86. The van der Waals surface area contributed by atoms with Gasteiger partial charge in [0.15, 0.2) is 0 Å². The molecule has 0 aromatic heterocycles. The molecule has 3 amide bonds. The van der Waals surface area contributed by atoms with Crippen LogP contribution >= 0.6 is 0 Å². The first-order valence-corrected chi connectivity index (χ1v) is 14.7. The zero-order valence-electron chi connectivity index (χ0n) is 24.2. The van der Waals surface area contributed by atoms with E-state index in [4.69, 9.17) is 4.74 Å². The summed E-state index contributed by atoms with van der Waals surface area (Å²) in [5.74, 6) is 0.591. The SMILES string of the molecule is COc1ccc(CC(=O)N2CCCN(c3ccc(C(=O)N4CCCNCC4)cc3NC(=O)c3ccccc3)CC2)cc1. The first-order chi connectivity index (χ1) is 20.5. The van der Waals surface area contributed by atoms with Gasteiger partial charge < -0.3 is 30.1 Å². The van der Waals surface area contributed by atoms with E-state index in [1.807, 2.05) is 64.4 Å². The fourth-order valence-electron chi connectivity index (χ4n) is 5.50. The molecular weight excluding hydrogens is 530 g/mol. The van der Waals surface area contributed by atoms with E-state index in [1.165, 1.54) is 0 Å². The molecule has 0 radical (unpaired) electrons. The first kappa shape index (κ1) is 29.1. The molecule has 2 aliphatic rings. The molecule has 9 heteroatoms. The van der Waals surface area contributed by atoms with Gasteiger partial charge in [0.05, 0.1) is 24.9 Å². The largest absolute Gasteiger partial charge is 0.497 e. The number of amides is 3. The van der Waals surface area contributed by atoms with Crippen LogP contribution in [-0.4, -0.2) is 87.0 Å². The van der Waals surface area contributed by atoms with Crippen molar-refractivity contribution in [1.82, 2.24) is 15.1 Å². The van der Waals surface area contributed by atoms with E-state index >= 15 is 0 Å². The van der Waals surface area contributed by atoms with Gasteiger partial charge >= 0.3 is 0 Å². The van der Waals surface area contributed by atoms with Gasteiger partial charge in [-0.05, 0) is 67.4 Å². The highest BCUT2D eigenvalue weighted by atomic mass is 16.5. The Balaban J connectivity index is 1.33. The van der Waals surface area contributed by atoms with Gasteiger partial charge in [-0.15, -0.1) is 0 Å². The Labute approximate surface area is 247 Å². The fourth-order valence-corrected chi connectivity index (χ4v) is 5.50. The van der Waals surface area contributed by atoms with E-state index in [-0.39, 0.29) is 17.7 Å². The van der Waals surface area contributed by atoms with Gasteiger partial charge in [-0.25, -0.2) is 0 Å². The molecule has 0 unspecified atom stereocenters. The molecule has 2 fully saturated rings. The predicted molar refractivity (Wildman–Crippen MR) is 164 cm³/mol. The summed E-state index contributed by atoms with van der Waals surface area (Å²) in [5, 5.41) is 6.41. The second kappa shape index (κ2) is 14.0. The van der Waals surface area contributed by atoms with E-state index in [0.29, 0.717) is 56.0 Å². The van der Waals surface area contributed by atoms with E-state index < -0.39 is 0 Å². The molecule has 3 aromatic rings. The first-order valence-electron chi connectivity index (χ1n) is 14.7. The van der Waals surface area contributed by atoms with Crippen molar-refractivity contribution in [2.75, 3.05) is 69.7 Å². The monoisotopic (exact) mass is 569 g/mol. The van der Waals surface area contributed by atoms with Crippen LogP contribution in [0.15, 0.2) is 72.8 Å². The molecule has 2 N–H and O–H groups in total. The number of nitrogens with zero attached hydrogens (tertiary/aromatic N) is 3.